The fourth-order valence-corrected chi connectivity index (χ4v) is 3.85. The molecule has 2 aromatic carbocycles. The van der Waals surface area contributed by atoms with Crippen molar-refractivity contribution in [2.45, 2.75) is 0 Å². The minimum absolute atomic E-state index is 0.00642. The first kappa shape index (κ1) is 18.5. The molecule has 0 N–H and O–H groups in total. The van der Waals surface area contributed by atoms with Crippen LogP contribution >= 0.6 is 0 Å². The van der Waals surface area contributed by atoms with Crippen LogP contribution in [0, 0.1) is 0 Å². The van der Waals surface area contributed by atoms with Gasteiger partial charge in [0.15, 0.2) is 0 Å². The molecule has 1 aliphatic heterocycles. The average Bonchev–Trinajstić information content (AvgIpc) is 3.24. The molecule has 150 valence electrons. The number of hydrogen-bond acceptors (Lipinski definition) is 5. The Balaban J connectivity index is 1.68. The molecule has 30 heavy (non-hydrogen) atoms. The zero-order chi connectivity index (χ0) is 20.5. The number of amides is 1. The molecule has 6 nitrogen and oxygen atoms in total. The van der Waals surface area contributed by atoms with Crippen LogP contribution in [0.2, 0.25) is 0 Å². The Kier molecular flexibility index (Phi) is 4.77. The van der Waals surface area contributed by atoms with E-state index in [1.54, 1.807) is 0 Å². The molecule has 1 amide bonds. The van der Waals surface area contributed by atoms with E-state index in [1.165, 1.54) is 0 Å². The highest BCUT2D eigenvalue weighted by Gasteiger charge is 2.27. The van der Waals surface area contributed by atoms with E-state index in [2.05, 4.69) is 22.1 Å². The molecule has 0 saturated carbocycles. The summed E-state index contributed by atoms with van der Waals surface area (Å²) in [5.41, 5.74) is 4.16. The molecule has 1 fully saturated rings. The second-order valence-electron chi connectivity index (χ2n) is 7.59. The van der Waals surface area contributed by atoms with Crippen LogP contribution in [0.5, 0.6) is 0 Å². The summed E-state index contributed by atoms with van der Waals surface area (Å²) in [6, 6.07) is 21.5. The first-order valence-electron chi connectivity index (χ1n) is 10.1. The number of piperazine rings is 1. The molecule has 0 aliphatic carbocycles. The van der Waals surface area contributed by atoms with Gasteiger partial charge in [0.05, 0.1) is 16.6 Å². The number of pyridine rings is 1. The van der Waals surface area contributed by atoms with E-state index in [1.807, 2.05) is 71.6 Å². The fourth-order valence-electron chi connectivity index (χ4n) is 3.85. The average molecular weight is 398 g/mol. The number of rotatable bonds is 3. The third-order valence-corrected chi connectivity index (χ3v) is 5.58. The lowest BCUT2D eigenvalue weighted by atomic mass is 10.0. The highest BCUT2D eigenvalue weighted by molar-refractivity contribution is 6.10. The molecule has 0 unspecified atom stereocenters. The predicted octanol–water partition coefficient (Wildman–Crippen LogP) is 3.94. The number of nitrogens with zero attached hydrogens (tertiary/aromatic N) is 4. The second kappa shape index (κ2) is 7.72. The van der Waals surface area contributed by atoms with Crippen molar-refractivity contribution in [2.24, 2.45) is 0 Å². The Morgan fingerprint density at radius 2 is 1.53 bits per heavy atom. The maximum Gasteiger partial charge on any atom is 0.259 e. The molecular weight excluding hydrogens is 376 g/mol. The summed E-state index contributed by atoms with van der Waals surface area (Å²) < 4.78 is 5.62. The monoisotopic (exact) mass is 398 g/mol. The topological polar surface area (TPSA) is 62.5 Å². The van der Waals surface area contributed by atoms with Crippen LogP contribution < -0.4 is 0 Å². The normalized spacial score (nSPS) is 14.9. The number of carbonyl (C=O) groups is 1. The van der Waals surface area contributed by atoms with E-state index in [-0.39, 0.29) is 5.91 Å². The maximum absolute atomic E-state index is 13.6. The van der Waals surface area contributed by atoms with Gasteiger partial charge in [0, 0.05) is 37.3 Å². The zero-order valence-electron chi connectivity index (χ0n) is 16.8. The quantitative estimate of drug-likeness (QED) is 0.523. The molecular formula is C24H22N4O2. The summed E-state index contributed by atoms with van der Waals surface area (Å²) in [4.78, 5) is 22.4. The van der Waals surface area contributed by atoms with Crippen molar-refractivity contribution in [1.29, 1.82) is 0 Å². The van der Waals surface area contributed by atoms with Gasteiger partial charge in [-0.2, -0.15) is 0 Å². The fraction of sp³-hybridized carbons (Fsp3) is 0.208. The number of fused-ring (bicyclic) bond motifs is 1. The van der Waals surface area contributed by atoms with Crippen molar-refractivity contribution in [3.8, 4) is 22.5 Å². The lowest BCUT2D eigenvalue weighted by Crippen LogP contribution is -2.47. The molecule has 6 heteroatoms. The van der Waals surface area contributed by atoms with Crippen molar-refractivity contribution < 1.29 is 9.32 Å². The minimum Gasteiger partial charge on any atom is -0.336 e. The van der Waals surface area contributed by atoms with E-state index >= 15 is 0 Å². The van der Waals surface area contributed by atoms with Crippen molar-refractivity contribution in [2.75, 3.05) is 33.2 Å². The van der Waals surface area contributed by atoms with Gasteiger partial charge in [-0.25, -0.2) is 4.98 Å². The van der Waals surface area contributed by atoms with Gasteiger partial charge in [-0.05, 0) is 13.1 Å². The second-order valence-corrected chi connectivity index (χ2v) is 7.59. The van der Waals surface area contributed by atoms with Gasteiger partial charge < -0.3 is 14.3 Å². The Bertz CT molecular complexity index is 1180. The lowest BCUT2D eigenvalue weighted by molar-refractivity contribution is 0.0666. The zero-order valence-corrected chi connectivity index (χ0v) is 16.8. The number of carbonyl (C=O) groups excluding carboxylic acids is 1. The molecule has 0 bridgehead atoms. The molecule has 0 atom stereocenters. The van der Waals surface area contributed by atoms with Crippen LogP contribution in [0.4, 0.5) is 0 Å². The van der Waals surface area contributed by atoms with Gasteiger partial charge in [0.2, 0.25) is 0 Å². The first-order valence-corrected chi connectivity index (χ1v) is 10.1. The van der Waals surface area contributed by atoms with Crippen molar-refractivity contribution in [1.82, 2.24) is 19.9 Å². The maximum atomic E-state index is 13.6. The van der Waals surface area contributed by atoms with E-state index in [0.717, 1.165) is 24.2 Å². The molecule has 3 heterocycles. The molecule has 0 radical (unpaired) electrons. The van der Waals surface area contributed by atoms with Gasteiger partial charge >= 0.3 is 0 Å². The van der Waals surface area contributed by atoms with E-state index in [4.69, 9.17) is 4.52 Å². The highest BCUT2D eigenvalue weighted by atomic mass is 16.5. The van der Waals surface area contributed by atoms with Crippen LogP contribution in [0.25, 0.3) is 33.6 Å². The summed E-state index contributed by atoms with van der Waals surface area (Å²) >= 11 is 0. The Hall–Kier alpha value is -3.51. The van der Waals surface area contributed by atoms with Gasteiger partial charge in [-0.15, -0.1) is 0 Å². The molecule has 1 aliphatic rings. The predicted molar refractivity (Wildman–Crippen MR) is 116 cm³/mol. The number of hydrogen-bond donors (Lipinski definition) is 0. The molecule has 0 spiro atoms. The highest BCUT2D eigenvalue weighted by Crippen LogP contribution is 2.33. The number of likely N-dealkylation sites (N-methyl/N-ethyl adjacent to an activating group) is 1. The van der Waals surface area contributed by atoms with E-state index in [9.17, 15) is 4.79 Å². The third kappa shape index (κ3) is 3.35. The minimum atomic E-state index is -0.00642. The summed E-state index contributed by atoms with van der Waals surface area (Å²) in [6.07, 6.45) is 0. The van der Waals surface area contributed by atoms with Crippen molar-refractivity contribution in [3.05, 3.63) is 72.3 Å². The van der Waals surface area contributed by atoms with E-state index in [0.29, 0.717) is 41.1 Å². The summed E-state index contributed by atoms with van der Waals surface area (Å²) in [7, 11) is 2.08. The molecule has 5 rings (SSSR count). The summed E-state index contributed by atoms with van der Waals surface area (Å²) in [6.45, 7) is 3.12. The largest absolute Gasteiger partial charge is 0.336 e. The van der Waals surface area contributed by atoms with E-state index < -0.39 is 0 Å². The standard InChI is InChI=1S/C24H22N4O2/c1-27-12-14-28(15-13-27)24(29)19-16-20(17-8-4-2-5-9-17)25-23-21(19)22(26-30-23)18-10-6-3-7-11-18/h2-11,16H,12-15H2,1H3. The van der Waals surface area contributed by atoms with Crippen LogP contribution in [-0.2, 0) is 0 Å². The Morgan fingerprint density at radius 1 is 0.900 bits per heavy atom. The van der Waals surface area contributed by atoms with Gasteiger partial charge in [0.1, 0.15) is 5.69 Å². The Labute approximate surface area is 174 Å². The summed E-state index contributed by atoms with van der Waals surface area (Å²) in [5.74, 6) is -0.00642. The third-order valence-electron chi connectivity index (χ3n) is 5.58. The van der Waals surface area contributed by atoms with Gasteiger partial charge in [0.25, 0.3) is 11.6 Å². The lowest BCUT2D eigenvalue weighted by Gasteiger charge is -2.32. The SMILES string of the molecule is CN1CCN(C(=O)c2cc(-c3ccccc3)nc3onc(-c4ccccc4)c23)CC1. The number of benzene rings is 2. The van der Waals surface area contributed by atoms with Crippen LogP contribution in [-0.4, -0.2) is 59.1 Å². The van der Waals surface area contributed by atoms with Crippen LogP contribution in [0.3, 0.4) is 0 Å². The van der Waals surface area contributed by atoms with Crippen molar-refractivity contribution in [3.63, 3.8) is 0 Å². The molecule has 1 saturated heterocycles. The first-order chi connectivity index (χ1) is 14.7. The number of aromatic nitrogens is 2. The van der Waals surface area contributed by atoms with Crippen LogP contribution in [0.1, 0.15) is 10.4 Å². The van der Waals surface area contributed by atoms with Gasteiger partial charge in [-0.1, -0.05) is 65.8 Å². The Morgan fingerprint density at radius 3 is 2.20 bits per heavy atom. The van der Waals surface area contributed by atoms with Gasteiger partial charge in [-0.3, -0.25) is 4.79 Å². The summed E-state index contributed by atoms with van der Waals surface area (Å²) in [5, 5.41) is 4.96. The molecule has 2 aromatic heterocycles. The smallest absolute Gasteiger partial charge is 0.259 e. The molecule has 4 aromatic rings. The van der Waals surface area contributed by atoms with Crippen molar-refractivity contribution >= 4 is 17.0 Å². The van der Waals surface area contributed by atoms with Crippen LogP contribution in [0.15, 0.2) is 71.3 Å².